The molecule has 1 aromatic heterocycles. The lowest BCUT2D eigenvalue weighted by Crippen LogP contribution is -2.11. The molecule has 1 fully saturated rings. The predicted molar refractivity (Wildman–Crippen MR) is 85.0 cm³/mol. The molecule has 5 heteroatoms. The summed E-state index contributed by atoms with van der Waals surface area (Å²) >= 11 is 0. The van der Waals surface area contributed by atoms with Gasteiger partial charge in [0.05, 0.1) is 7.11 Å². The van der Waals surface area contributed by atoms with Crippen LogP contribution in [0.1, 0.15) is 43.3 Å². The largest absolute Gasteiger partial charge is 0.481 e. The van der Waals surface area contributed by atoms with Gasteiger partial charge in [0.25, 0.3) is 0 Å². The first kappa shape index (κ1) is 14.8. The van der Waals surface area contributed by atoms with Crippen molar-refractivity contribution in [1.29, 1.82) is 0 Å². The van der Waals surface area contributed by atoms with E-state index in [2.05, 4.69) is 34.3 Å². The van der Waals surface area contributed by atoms with Crippen LogP contribution in [0.15, 0.2) is 36.4 Å². The fraction of sp³-hybridized carbons (Fsp3) is 0.412. The molecule has 5 nitrogen and oxygen atoms in total. The number of nitrogens with one attached hydrogen (secondary N) is 1. The maximum atomic E-state index is 5.67. The van der Waals surface area contributed by atoms with Crippen molar-refractivity contribution in [2.75, 3.05) is 19.0 Å². The molecule has 0 bridgehead atoms. The molecule has 0 radical (unpaired) electrons. The first-order chi connectivity index (χ1) is 10.8. The molecule has 1 aromatic carbocycles. The molecule has 2 heterocycles. The summed E-state index contributed by atoms with van der Waals surface area (Å²) in [5, 5.41) is 3.41. The maximum absolute atomic E-state index is 5.67. The van der Waals surface area contributed by atoms with E-state index in [-0.39, 0.29) is 12.1 Å². The fourth-order valence-corrected chi connectivity index (χ4v) is 2.59. The van der Waals surface area contributed by atoms with E-state index < -0.39 is 0 Å². The van der Waals surface area contributed by atoms with Crippen molar-refractivity contribution < 1.29 is 9.47 Å². The lowest BCUT2D eigenvalue weighted by Gasteiger charge is -2.17. The number of hydrogen-bond donors (Lipinski definition) is 1. The summed E-state index contributed by atoms with van der Waals surface area (Å²) in [6.07, 6.45) is 1.98. The van der Waals surface area contributed by atoms with Crippen molar-refractivity contribution in [2.45, 2.75) is 31.9 Å². The van der Waals surface area contributed by atoms with Crippen LogP contribution in [0.25, 0.3) is 0 Å². The number of methoxy groups -OCH3 is 1. The molecule has 0 saturated carbocycles. The van der Waals surface area contributed by atoms with Gasteiger partial charge in [-0.15, -0.1) is 0 Å². The molecule has 2 aromatic rings. The van der Waals surface area contributed by atoms with Gasteiger partial charge in [-0.25, -0.2) is 4.98 Å². The number of anilines is 1. The second-order valence-electron chi connectivity index (χ2n) is 5.43. The highest BCUT2D eigenvalue weighted by Gasteiger charge is 2.22. The van der Waals surface area contributed by atoms with Crippen LogP contribution in [0.4, 0.5) is 5.82 Å². The van der Waals surface area contributed by atoms with Gasteiger partial charge in [-0.2, -0.15) is 4.98 Å². The van der Waals surface area contributed by atoms with Crippen LogP contribution in [0.2, 0.25) is 0 Å². The van der Waals surface area contributed by atoms with Crippen molar-refractivity contribution in [3.8, 4) is 5.88 Å². The molecule has 0 spiro atoms. The van der Waals surface area contributed by atoms with Crippen molar-refractivity contribution in [2.24, 2.45) is 0 Å². The van der Waals surface area contributed by atoms with E-state index in [9.17, 15) is 0 Å². The van der Waals surface area contributed by atoms with E-state index in [1.165, 1.54) is 5.56 Å². The van der Waals surface area contributed by atoms with Crippen LogP contribution in [0.5, 0.6) is 5.88 Å². The van der Waals surface area contributed by atoms with Crippen LogP contribution >= 0.6 is 0 Å². The van der Waals surface area contributed by atoms with Crippen LogP contribution in [0.3, 0.4) is 0 Å². The third kappa shape index (κ3) is 3.36. The highest BCUT2D eigenvalue weighted by molar-refractivity contribution is 5.41. The Bertz CT molecular complexity index is 613. The summed E-state index contributed by atoms with van der Waals surface area (Å²) in [5.74, 6) is 2.01. The molecule has 2 atom stereocenters. The average molecular weight is 299 g/mol. The lowest BCUT2D eigenvalue weighted by atomic mass is 10.1. The predicted octanol–water partition coefficient (Wildman–Crippen LogP) is 3.51. The number of hydrogen-bond acceptors (Lipinski definition) is 5. The minimum absolute atomic E-state index is 0.0253. The molecule has 22 heavy (non-hydrogen) atoms. The Kier molecular flexibility index (Phi) is 4.53. The third-order valence-corrected chi connectivity index (χ3v) is 3.81. The van der Waals surface area contributed by atoms with E-state index in [0.717, 1.165) is 25.3 Å². The molecule has 1 aliphatic rings. The van der Waals surface area contributed by atoms with Crippen LogP contribution < -0.4 is 10.1 Å². The summed E-state index contributed by atoms with van der Waals surface area (Å²) < 4.78 is 11.0. The number of nitrogens with zero attached hydrogens (tertiary/aromatic N) is 2. The number of aromatic nitrogens is 2. The van der Waals surface area contributed by atoms with E-state index >= 15 is 0 Å². The lowest BCUT2D eigenvalue weighted by molar-refractivity contribution is 0.104. The second kappa shape index (κ2) is 6.75. The summed E-state index contributed by atoms with van der Waals surface area (Å²) in [6.45, 7) is 2.88. The van der Waals surface area contributed by atoms with Gasteiger partial charge in [0.1, 0.15) is 11.9 Å². The van der Waals surface area contributed by atoms with Crippen molar-refractivity contribution >= 4 is 5.82 Å². The zero-order chi connectivity index (χ0) is 15.4. The zero-order valence-electron chi connectivity index (χ0n) is 13.0. The maximum Gasteiger partial charge on any atom is 0.218 e. The monoisotopic (exact) mass is 299 g/mol. The standard InChI is InChI=1S/C17H21N3O2/c1-12(13-7-4-3-5-8-13)18-15-11-16(21-2)20-17(19-15)14-9-6-10-22-14/h3-5,7-8,11-12,14H,6,9-10H2,1-2H3,(H,18,19,20). The first-order valence-corrected chi connectivity index (χ1v) is 7.62. The van der Waals surface area contributed by atoms with Crippen LogP contribution in [0, 0.1) is 0 Å². The minimum Gasteiger partial charge on any atom is -0.481 e. The average Bonchev–Trinajstić information content (AvgIpc) is 3.10. The molecule has 0 aliphatic carbocycles. The summed E-state index contributed by atoms with van der Waals surface area (Å²) in [7, 11) is 1.62. The molecule has 1 saturated heterocycles. The Balaban J connectivity index is 1.81. The number of ether oxygens (including phenoxy) is 2. The van der Waals surface area contributed by atoms with Gasteiger partial charge in [0, 0.05) is 18.7 Å². The number of rotatable bonds is 5. The molecule has 0 amide bonds. The molecule has 2 unspecified atom stereocenters. The minimum atomic E-state index is -0.0253. The quantitative estimate of drug-likeness (QED) is 0.915. The van der Waals surface area contributed by atoms with Crippen molar-refractivity contribution in [1.82, 2.24) is 9.97 Å². The van der Waals surface area contributed by atoms with Gasteiger partial charge in [0.2, 0.25) is 5.88 Å². The Morgan fingerprint density at radius 3 is 2.77 bits per heavy atom. The van der Waals surface area contributed by atoms with E-state index in [0.29, 0.717) is 11.7 Å². The topological polar surface area (TPSA) is 56.3 Å². The van der Waals surface area contributed by atoms with Gasteiger partial charge in [-0.3, -0.25) is 0 Å². The third-order valence-electron chi connectivity index (χ3n) is 3.81. The molecule has 3 rings (SSSR count). The molecular formula is C17H21N3O2. The van der Waals surface area contributed by atoms with Crippen LogP contribution in [-0.2, 0) is 4.74 Å². The van der Waals surface area contributed by atoms with Gasteiger partial charge < -0.3 is 14.8 Å². The van der Waals surface area contributed by atoms with E-state index in [1.807, 2.05) is 24.3 Å². The second-order valence-corrected chi connectivity index (χ2v) is 5.43. The van der Waals surface area contributed by atoms with Gasteiger partial charge >= 0.3 is 0 Å². The zero-order valence-corrected chi connectivity index (χ0v) is 13.0. The molecule has 1 N–H and O–H groups in total. The summed E-state index contributed by atoms with van der Waals surface area (Å²) in [5.41, 5.74) is 1.21. The highest BCUT2D eigenvalue weighted by Crippen LogP contribution is 2.29. The highest BCUT2D eigenvalue weighted by atomic mass is 16.5. The number of benzene rings is 1. The van der Waals surface area contributed by atoms with Crippen molar-refractivity contribution in [3.63, 3.8) is 0 Å². The summed E-state index contributed by atoms with van der Waals surface area (Å²) in [6, 6.07) is 12.2. The smallest absolute Gasteiger partial charge is 0.218 e. The Morgan fingerprint density at radius 2 is 2.09 bits per heavy atom. The van der Waals surface area contributed by atoms with Crippen molar-refractivity contribution in [3.05, 3.63) is 47.8 Å². The Labute approximate surface area is 130 Å². The molecule has 116 valence electrons. The first-order valence-electron chi connectivity index (χ1n) is 7.62. The van der Waals surface area contributed by atoms with Gasteiger partial charge in [0.15, 0.2) is 5.82 Å². The van der Waals surface area contributed by atoms with E-state index in [4.69, 9.17) is 9.47 Å². The van der Waals surface area contributed by atoms with E-state index in [1.54, 1.807) is 7.11 Å². The van der Waals surface area contributed by atoms with Crippen LogP contribution in [-0.4, -0.2) is 23.7 Å². The van der Waals surface area contributed by atoms with Gasteiger partial charge in [-0.1, -0.05) is 30.3 Å². The summed E-state index contributed by atoms with van der Waals surface area (Å²) in [4.78, 5) is 9.02. The molecule has 1 aliphatic heterocycles. The van der Waals surface area contributed by atoms with Gasteiger partial charge in [-0.05, 0) is 25.3 Å². The molecular weight excluding hydrogens is 278 g/mol. The normalized spacial score (nSPS) is 18.9. The Morgan fingerprint density at radius 1 is 1.27 bits per heavy atom. The SMILES string of the molecule is COc1cc(NC(C)c2ccccc2)nc(C2CCCO2)n1. The Hall–Kier alpha value is -2.14. The fourth-order valence-electron chi connectivity index (χ4n) is 2.59.